The first-order valence-electron chi connectivity index (χ1n) is 3.97. The molecular formula is C10H13ClO. The van der Waals surface area contributed by atoms with E-state index in [9.17, 15) is 5.11 Å². The van der Waals surface area contributed by atoms with Gasteiger partial charge in [0.2, 0.25) is 0 Å². The molecule has 1 N–H and O–H groups in total. The molecule has 1 atom stereocenters. The van der Waals surface area contributed by atoms with Crippen LogP contribution in [0.2, 0.25) is 5.02 Å². The molecule has 66 valence electrons. The summed E-state index contributed by atoms with van der Waals surface area (Å²) in [5.41, 5.74) is 2.97. The first kappa shape index (κ1) is 9.56. The molecule has 0 aromatic heterocycles. The number of benzene rings is 1. The van der Waals surface area contributed by atoms with E-state index in [0.717, 1.165) is 21.7 Å². The highest BCUT2D eigenvalue weighted by Gasteiger charge is 2.05. The van der Waals surface area contributed by atoms with Gasteiger partial charge in [-0.1, -0.05) is 23.7 Å². The Morgan fingerprint density at radius 2 is 1.67 bits per heavy atom. The van der Waals surface area contributed by atoms with Crippen molar-refractivity contribution in [3.63, 3.8) is 0 Å². The summed E-state index contributed by atoms with van der Waals surface area (Å²) in [5, 5.41) is 10.1. The van der Waals surface area contributed by atoms with E-state index in [2.05, 4.69) is 0 Å². The second-order valence-corrected chi connectivity index (χ2v) is 3.52. The van der Waals surface area contributed by atoms with Crippen molar-refractivity contribution in [1.29, 1.82) is 0 Å². The quantitative estimate of drug-likeness (QED) is 0.712. The summed E-state index contributed by atoms with van der Waals surface area (Å²) in [6.07, 6.45) is -0.417. The van der Waals surface area contributed by atoms with Crippen LogP contribution in [0.15, 0.2) is 12.1 Å². The zero-order valence-electron chi connectivity index (χ0n) is 7.56. The number of aliphatic hydroxyl groups is 1. The van der Waals surface area contributed by atoms with Crippen molar-refractivity contribution in [2.24, 2.45) is 0 Å². The van der Waals surface area contributed by atoms with E-state index < -0.39 is 6.10 Å². The lowest BCUT2D eigenvalue weighted by Gasteiger charge is -2.09. The lowest BCUT2D eigenvalue weighted by Crippen LogP contribution is -1.93. The van der Waals surface area contributed by atoms with Crippen LogP contribution in [0.5, 0.6) is 0 Å². The molecule has 12 heavy (non-hydrogen) atoms. The Bertz CT molecular complexity index is 269. The van der Waals surface area contributed by atoms with Gasteiger partial charge in [-0.05, 0) is 37.5 Å². The Morgan fingerprint density at radius 3 is 2.00 bits per heavy atom. The van der Waals surface area contributed by atoms with Crippen molar-refractivity contribution < 1.29 is 5.11 Å². The minimum atomic E-state index is -0.417. The topological polar surface area (TPSA) is 20.2 Å². The highest BCUT2D eigenvalue weighted by molar-refractivity contribution is 6.32. The molecule has 1 nitrogen and oxygen atoms in total. The average Bonchev–Trinajstić information content (AvgIpc) is 1.99. The zero-order chi connectivity index (χ0) is 9.30. The second-order valence-electron chi connectivity index (χ2n) is 3.14. The van der Waals surface area contributed by atoms with Crippen LogP contribution in [0.25, 0.3) is 0 Å². The Labute approximate surface area is 78.0 Å². The normalized spacial score (nSPS) is 13.1. The van der Waals surface area contributed by atoms with E-state index in [4.69, 9.17) is 11.6 Å². The highest BCUT2D eigenvalue weighted by atomic mass is 35.5. The molecule has 1 aromatic carbocycles. The fourth-order valence-corrected chi connectivity index (χ4v) is 1.33. The second kappa shape index (κ2) is 3.46. The predicted octanol–water partition coefficient (Wildman–Crippen LogP) is 3.01. The molecule has 2 heteroatoms. The smallest absolute Gasteiger partial charge is 0.0762 e. The van der Waals surface area contributed by atoms with Crippen LogP contribution in [0.3, 0.4) is 0 Å². The van der Waals surface area contributed by atoms with Crippen LogP contribution in [0.4, 0.5) is 0 Å². The molecule has 0 heterocycles. The van der Waals surface area contributed by atoms with Crippen LogP contribution in [-0.4, -0.2) is 5.11 Å². The Hall–Kier alpha value is -0.530. The Balaban J connectivity index is 3.21. The summed E-state index contributed by atoms with van der Waals surface area (Å²) in [5.74, 6) is 0. The third-order valence-electron chi connectivity index (χ3n) is 1.94. The summed E-state index contributed by atoms with van der Waals surface area (Å²) in [4.78, 5) is 0. The molecule has 0 saturated carbocycles. The number of rotatable bonds is 1. The van der Waals surface area contributed by atoms with Crippen molar-refractivity contribution >= 4 is 11.6 Å². The highest BCUT2D eigenvalue weighted by Crippen LogP contribution is 2.24. The molecule has 0 aliphatic heterocycles. The van der Waals surface area contributed by atoms with Crippen LogP contribution >= 0.6 is 11.6 Å². The molecule has 0 radical (unpaired) electrons. The number of hydrogen-bond acceptors (Lipinski definition) is 1. The maximum absolute atomic E-state index is 9.32. The minimum Gasteiger partial charge on any atom is -0.389 e. The molecule has 0 bridgehead atoms. The van der Waals surface area contributed by atoms with Crippen molar-refractivity contribution in [2.45, 2.75) is 26.9 Å². The lowest BCUT2D eigenvalue weighted by molar-refractivity contribution is 0.199. The van der Waals surface area contributed by atoms with E-state index in [1.54, 1.807) is 6.92 Å². The van der Waals surface area contributed by atoms with E-state index in [-0.39, 0.29) is 0 Å². The van der Waals surface area contributed by atoms with Gasteiger partial charge in [-0.2, -0.15) is 0 Å². The van der Waals surface area contributed by atoms with Gasteiger partial charge in [0.25, 0.3) is 0 Å². The molecule has 1 aromatic rings. The molecule has 0 aliphatic rings. The summed E-state index contributed by atoms with van der Waals surface area (Å²) in [7, 11) is 0. The largest absolute Gasteiger partial charge is 0.389 e. The molecule has 0 saturated heterocycles. The average molecular weight is 185 g/mol. The summed E-state index contributed by atoms with van der Waals surface area (Å²) in [6.45, 7) is 5.64. The first-order chi connectivity index (χ1) is 5.52. The van der Waals surface area contributed by atoms with Gasteiger partial charge in [-0.15, -0.1) is 0 Å². The maximum atomic E-state index is 9.32. The van der Waals surface area contributed by atoms with Gasteiger partial charge in [-0.3, -0.25) is 0 Å². The van der Waals surface area contributed by atoms with Crippen molar-refractivity contribution in [2.75, 3.05) is 0 Å². The summed E-state index contributed by atoms with van der Waals surface area (Å²) in [6, 6.07) is 3.83. The van der Waals surface area contributed by atoms with E-state index in [0.29, 0.717) is 0 Å². The number of aliphatic hydroxyl groups excluding tert-OH is 1. The Kier molecular flexibility index (Phi) is 2.76. The van der Waals surface area contributed by atoms with Crippen molar-refractivity contribution in [3.05, 3.63) is 33.8 Å². The van der Waals surface area contributed by atoms with Gasteiger partial charge in [0, 0.05) is 5.02 Å². The molecule has 0 fully saturated rings. The fourth-order valence-electron chi connectivity index (χ4n) is 1.22. The monoisotopic (exact) mass is 184 g/mol. The van der Waals surface area contributed by atoms with Gasteiger partial charge in [0.15, 0.2) is 0 Å². The van der Waals surface area contributed by atoms with E-state index in [1.165, 1.54) is 0 Å². The predicted molar refractivity (Wildman–Crippen MR) is 51.6 cm³/mol. The molecule has 0 unspecified atom stereocenters. The van der Waals surface area contributed by atoms with Gasteiger partial charge in [0.1, 0.15) is 0 Å². The molecule has 0 amide bonds. The summed E-state index contributed by atoms with van der Waals surface area (Å²) >= 11 is 5.97. The van der Waals surface area contributed by atoms with Crippen LogP contribution < -0.4 is 0 Å². The van der Waals surface area contributed by atoms with Gasteiger partial charge < -0.3 is 5.11 Å². The van der Waals surface area contributed by atoms with Gasteiger partial charge >= 0.3 is 0 Å². The lowest BCUT2D eigenvalue weighted by atomic mass is 10.0. The molecular weight excluding hydrogens is 172 g/mol. The Morgan fingerprint density at radius 1 is 1.25 bits per heavy atom. The van der Waals surface area contributed by atoms with Gasteiger partial charge in [0.05, 0.1) is 6.10 Å². The van der Waals surface area contributed by atoms with Crippen LogP contribution in [0.1, 0.15) is 29.7 Å². The minimum absolute atomic E-state index is 0.417. The standard InChI is InChI=1S/C10H13ClO/c1-6-4-9(8(3)12)5-7(2)10(6)11/h4-5,8,12H,1-3H3/t8-/m0/s1. The summed E-state index contributed by atoms with van der Waals surface area (Å²) < 4.78 is 0. The van der Waals surface area contributed by atoms with Gasteiger partial charge in [-0.25, -0.2) is 0 Å². The zero-order valence-corrected chi connectivity index (χ0v) is 8.31. The van der Waals surface area contributed by atoms with Crippen molar-refractivity contribution in [3.8, 4) is 0 Å². The number of aryl methyl sites for hydroxylation is 2. The first-order valence-corrected chi connectivity index (χ1v) is 4.35. The van der Waals surface area contributed by atoms with Crippen LogP contribution in [0, 0.1) is 13.8 Å². The maximum Gasteiger partial charge on any atom is 0.0762 e. The van der Waals surface area contributed by atoms with E-state index >= 15 is 0 Å². The van der Waals surface area contributed by atoms with E-state index in [1.807, 2.05) is 26.0 Å². The van der Waals surface area contributed by atoms with Crippen molar-refractivity contribution in [1.82, 2.24) is 0 Å². The molecule has 1 rings (SSSR count). The number of halogens is 1. The third kappa shape index (κ3) is 1.79. The third-order valence-corrected chi connectivity index (χ3v) is 2.54. The molecule has 0 spiro atoms. The number of hydrogen-bond donors (Lipinski definition) is 1. The SMILES string of the molecule is Cc1cc([C@H](C)O)cc(C)c1Cl. The molecule has 0 aliphatic carbocycles. The fraction of sp³-hybridized carbons (Fsp3) is 0.400. The van der Waals surface area contributed by atoms with Crippen LogP contribution in [-0.2, 0) is 0 Å².